The van der Waals surface area contributed by atoms with Crippen molar-refractivity contribution in [3.63, 3.8) is 0 Å². The largest absolute Gasteiger partial charge is 0.407 e. The van der Waals surface area contributed by atoms with Gasteiger partial charge in [-0.05, 0) is 72.6 Å². The van der Waals surface area contributed by atoms with Gasteiger partial charge in [-0.1, -0.05) is 42.5 Å². The number of halogens is 2. The Hall–Kier alpha value is -5.11. The first-order valence-electron chi connectivity index (χ1n) is 12.1. The summed E-state index contributed by atoms with van der Waals surface area (Å²) < 4.78 is 35.0. The molecule has 0 aliphatic carbocycles. The molecule has 1 amide bonds. The molecule has 1 heterocycles. The molecular weight excluding hydrogens is 500 g/mol. The second-order valence-electron chi connectivity index (χ2n) is 8.84. The standard InChI is InChI=1S/C31H23F2N3O3/c1-19-7-3-6-10-27(19)36-31(39-20(2)37)28(29(35-36)22-11-15-23(32)16-12-22)21-13-17-24(18-14-21)34-30(38)25-8-4-5-9-26(25)33/h3-18H,1-2H3,(H,34,38). The van der Waals surface area contributed by atoms with Crippen molar-refractivity contribution in [1.29, 1.82) is 0 Å². The summed E-state index contributed by atoms with van der Waals surface area (Å²) in [4.78, 5) is 24.8. The van der Waals surface area contributed by atoms with Crippen molar-refractivity contribution in [2.45, 2.75) is 13.8 Å². The Morgan fingerprint density at radius 2 is 1.46 bits per heavy atom. The van der Waals surface area contributed by atoms with E-state index in [1.807, 2.05) is 31.2 Å². The molecule has 0 saturated heterocycles. The number of carbonyl (C=O) groups is 2. The van der Waals surface area contributed by atoms with Crippen LogP contribution in [0.25, 0.3) is 28.1 Å². The van der Waals surface area contributed by atoms with Gasteiger partial charge in [0.1, 0.15) is 17.3 Å². The number of nitrogens with one attached hydrogen (secondary N) is 1. The van der Waals surface area contributed by atoms with Crippen LogP contribution < -0.4 is 10.1 Å². The second-order valence-corrected chi connectivity index (χ2v) is 8.84. The maximum absolute atomic E-state index is 14.0. The Morgan fingerprint density at radius 1 is 0.821 bits per heavy atom. The first kappa shape index (κ1) is 25.5. The quantitative estimate of drug-likeness (QED) is 0.244. The molecule has 0 saturated carbocycles. The highest BCUT2D eigenvalue weighted by Crippen LogP contribution is 2.41. The number of ether oxygens (including phenoxy) is 1. The molecule has 1 N–H and O–H groups in total. The molecule has 6 nitrogen and oxygen atoms in total. The zero-order valence-electron chi connectivity index (χ0n) is 21.1. The lowest BCUT2D eigenvalue weighted by Crippen LogP contribution is -2.13. The highest BCUT2D eigenvalue weighted by atomic mass is 19.1. The third-order valence-corrected chi connectivity index (χ3v) is 6.09. The number of para-hydroxylation sites is 1. The van der Waals surface area contributed by atoms with E-state index in [4.69, 9.17) is 9.84 Å². The molecule has 0 bridgehead atoms. The summed E-state index contributed by atoms with van der Waals surface area (Å²) in [6.45, 7) is 3.22. The molecule has 0 fully saturated rings. The fraction of sp³-hybridized carbons (Fsp3) is 0.0645. The number of carbonyl (C=O) groups excluding carboxylic acids is 2. The molecule has 0 atom stereocenters. The predicted molar refractivity (Wildman–Crippen MR) is 145 cm³/mol. The lowest BCUT2D eigenvalue weighted by molar-refractivity contribution is -0.132. The van der Waals surface area contributed by atoms with E-state index < -0.39 is 23.5 Å². The SMILES string of the molecule is CC(=O)Oc1c(-c2ccc(NC(=O)c3ccccc3F)cc2)c(-c2ccc(F)cc2)nn1-c1ccccc1C. The van der Waals surface area contributed by atoms with Gasteiger partial charge >= 0.3 is 5.97 Å². The van der Waals surface area contributed by atoms with E-state index in [1.54, 1.807) is 47.1 Å². The third-order valence-electron chi connectivity index (χ3n) is 6.09. The van der Waals surface area contributed by atoms with Crippen molar-refractivity contribution in [3.8, 4) is 34.0 Å². The van der Waals surface area contributed by atoms with E-state index in [1.165, 1.54) is 37.3 Å². The van der Waals surface area contributed by atoms with Crippen molar-refractivity contribution < 1.29 is 23.1 Å². The molecule has 1 aromatic heterocycles. The minimum atomic E-state index is -0.620. The normalized spacial score (nSPS) is 10.8. The van der Waals surface area contributed by atoms with Gasteiger partial charge < -0.3 is 10.1 Å². The summed E-state index contributed by atoms with van der Waals surface area (Å²) in [5.41, 5.74) is 4.20. The molecular formula is C31H23F2N3O3. The maximum atomic E-state index is 14.0. The van der Waals surface area contributed by atoms with Crippen LogP contribution in [0.2, 0.25) is 0 Å². The second kappa shape index (κ2) is 10.7. The Balaban J connectivity index is 1.62. The van der Waals surface area contributed by atoms with Gasteiger partial charge in [-0.2, -0.15) is 9.78 Å². The smallest absolute Gasteiger partial charge is 0.309 e. The molecule has 4 aromatic carbocycles. The molecule has 39 heavy (non-hydrogen) atoms. The van der Waals surface area contributed by atoms with Gasteiger partial charge in [0.25, 0.3) is 5.91 Å². The van der Waals surface area contributed by atoms with Crippen molar-refractivity contribution in [2.75, 3.05) is 5.32 Å². The van der Waals surface area contributed by atoms with Gasteiger partial charge in [0.05, 0.1) is 16.8 Å². The van der Waals surface area contributed by atoms with E-state index >= 15 is 0 Å². The van der Waals surface area contributed by atoms with Crippen LogP contribution in [0.15, 0.2) is 97.1 Å². The van der Waals surface area contributed by atoms with E-state index in [0.29, 0.717) is 33.8 Å². The summed E-state index contributed by atoms with van der Waals surface area (Å²) in [7, 11) is 0. The number of hydrogen-bond acceptors (Lipinski definition) is 4. The van der Waals surface area contributed by atoms with Crippen LogP contribution in [0.5, 0.6) is 5.88 Å². The van der Waals surface area contributed by atoms with Gasteiger partial charge in [0.2, 0.25) is 5.88 Å². The van der Waals surface area contributed by atoms with Crippen LogP contribution in [-0.4, -0.2) is 21.7 Å². The molecule has 8 heteroatoms. The van der Waals surface area contributed by atoms with Crippen LogP contribution in [0.3, 0.4) is 0 Å². The molecule has 5 aromatic rings. The predicted octanol–water partition coefficient (Wildman–Crippen LogP) is 6.97. The molecule has 194 valence electrons. The third kappa shape index (κ3) is 5.31. The van der Waals surface area contributed by atoms with Crippen LogP contribution in [0.4, 0.5) is 14.5 Å². The molecule has 0 radical (unpaired) electrons. The van der Waals surface area contributed by atoms with Gasteiger partial charge in [-0.25, -0.2) is 8.78 Å². The van der Waals surface area contributed by atoms with E-state index in [2.05, 4.69) is 5.32 Å². The number of aromatic nitrogens is 2. The first-order chi connectivity index (χ1) is 18.8. The Kier molecular flexibility index (Phi) is 7.01. The van der Waals surface area contributed by atoms with E-state index in [9.17, 15) is 18.4 Å². The zero-order valence-corrected chi connectivity index (χ0v) is 21.1. The maximum Gasteiger partial charge on any atom is 0.309 e. The number of aryl methyl sites for hydroxylation is 1. The minimum absolute atomic E-state index is 0.0724. The summed E-state index contributed by atoms with van der Waals surface area (Å²) in [5.74, 6) is -1.94. The fourth-order valence-electron chi connectivity index (χ4n) is 4.23. The number of benzene rings is 4. The molecule has 5 rings (SSSR count). The topological polar surface area (TPSA) is 73.2 Å². The lowest BCUT2D eigenvalue weighted by atomic mass is 10.0. The van der Waals surface area contributed by atoms with Gasteiger partial charge in [-0.3, -0.25) is 9.59 Å². The summed E-state index contributed by atoms with van der Waals surface area (Å²) in [6.07, 6.45) is 0. The molecule has 0 aliphatic rings. The average molecular weight is 524 g/mol. The average Bonchev–Trinajstić information content (AvgIpc) is 3.28. The van der Waals surface area contributed by atoms with Crippen molar-refractivity contribution in [3.05, 3.63) is 120 Å². The number of nitrogens with zero attached hydrogens (tertiary/aromatic N) is 2. The number of rotatable bonds is 6. The van der Waals surface area contributed by atoms with Gasteiger partial charge in [0.15, 0.2) is 0 Å². The minimum Gasteiger partial charge on any atom is -0.407 e. The number of anilines is 1. The van der Waals surface area contributed by atoms with Gasteiger partial charge in [0, 0.05) is 18.2 Å². The Morgan fingerprint density at radius 3 is 2.13 bits per heavy atom. The zero-order chi connectivity index (χ0) is 27.5. The lowest BCUT2D eigenvalue weighted by Gasteiger charge is -2.12. The fourth-order valence-corrected chi connectivity index (χ4v) is 4.23. The molecule has 0 unspecified atom stereocenters. The highest BCUT2D eigenvalue weighted by molar-refractivity contribution is 6.04. The van der Waals surface area contributed by atoms with Crippen LogP contribution in [-0.2, 0) is 4.79 Å². The van der Waals surface area contributed by atoms with Gasteiger partial charge in [-0.15, -0.1) is 0 Å². The van der Waals surface area contributed by atoms with E-state index in [0.717, 1.165) is 5.56 Å². The first-order valence-corrected chi connectivity index (χ1v) is 12.1. The number of amides is 1. The van der Waals surface area contributed by atoms with Crippen LogP contribution in [0, 0.1) is 18.6 Å². The van der Waals surface area contributed by atoms with Crippen LogP contribution >= 0.6 is 0 Å². The summed E-state index contributed by atoms with van der Waals surface area (Å²) in [6, 6.07) is 25.9. The Labute approximate surface area is 223 Å². The van der Waals surface area contributed by atoms with Crippen LogP contribution in [0.1, 0.15) is 22.8 Å². The van der Waals surface area contributed by atoms with Crippen molar-refractivity contribution in [1.82, 2.24) is 9.78 Å². The highest BCUT2D eigenvalue weighted by Gasteiger charge is 2.25. The molecule has 0 spiro atoms. The van der Waals surface area contributed by atoms with Crippen molar-refractivity contribution in [2.24, 2.45) is 0 Å². The van der Waals surface area contributed by atoms with E-state index in [-0.39, 0.29) is 11.4 Å². The summed E-state index contributed by atoms with van der Waals surface area (Å²) >= 11 is 0. The Bertz CT molecular complexity index is 1680. The monoisotopic (exact) mass is 523 g/mol. The number of esters is 1. The summed E-state index contributed by atoms with van der Waals surface area (Å²) in [5, 5.41) is 7.49. The molecule has 0 aliphatic heterocycles. The number of hydrogen-bond donors (Lipinski definition) is 1. The van der Waals surface area contributed by atoms with Crippen molar-refractivity contribution >= 4 is 17.6 Å².